The average molecular weight is 345 g/mol. The molecule has 6 heteroatoms. The first-order valence-corrected chi connectivity index (χ1v) is 9.05. The zero-order valence-corrected chi connectivity index (χ0v) is 14.3. The first-order chi connectivity index (χ1) is 11.3. The molecule has 0 atom stereocenters. The van der Waals surface area contributed by atoms with E-state index in [4.69, 9.17) is 4.55 Å². The molecule has 1 heterocycles. The summed E-state index contributed by atoms with van der Waals surface area (Å²) in [5.41, 5.74) is 4.03. The van der Waals surface area contributed by atoms with Crippen LogP contribution in [0.4, 0.5) is 0 Å². The largest absolute Gasteiger partial charge is 0.354 e. The topological polar surface area (TPSA) is 87.2 Å². The molecule has 3 aromatic rings. The highest BCUT2D eigenvalue weighted by molar-refractivity contribution is 7.85. The molecule has 2 aromatic carbocycles. The molecule has 24 heavy (non-hydrogen) atoms. The van der Waals surface area contributed by atoms with Gasteiger partial charge in [-0.15, -0.1) is 0 Å². The Kier molecular flexibility index (Phi) is 5.54. The molecule has 2 N–H and O–H groups in total. The maximum Gasteiger partial charge on any atom is 0.264 e. The van der Waals surface area contributed by atoms with Crippen molar-refractivity contribution in [3.05, 3.63) is 70.4 Å². The molecule has 0 aliphatic rings. The average Bonchev–Trinajstić information content (AvgIpc) is 2.55. The Morgan fingerprint density at radius 2 is 1.62 bits per heavy atom. The second-order valence-corrected chi connectivity index (χ2v) is 7.07. The van der Waals surface area contributed by atoms with Gasteiger partial charge < -0.3 is 4.98 Å². The van der Waals surface area contributed by atoms with E-state index in [1.807, 2.05) is 55.5 Å². The zero-order chi connectivity index (χ0) is 17.7. The summed E-state index contributed by atoms with van der Waals surface area (Å²) in [6.45, 7) is 3.42. The van der Waals surface area contributed by atoms with Gasteiger partial charge in [-0.1, -0.05) is 42.0 Å². The Morgan fingerprint density at radius 1 is 1.04 bits per heavy atom. The van der Waals surface area contributed by atoms with Crippen LogP contribution in [0.5, 0.6) is 0 Å². The normalized spacial score (nSPS) is 11.0. The Bertz CT molecular complexity index is 989. The van der Waals surface area contributed by atoms with E-state index in [0.29, 0.717) is 0 Å². The number of nitrogens with one attached hydrogen (secondary N) is 1. The maximum atomic E-state index is 12.0. The van der Waals surface area contributed by atoms with E-state index in [2.05, 4.69) is 4.98 Å². The smallest absolute Gasteiger partial charge is 0.264 e. The van der Waals surface area contributed by atoms with Gasteiger partial charge in [0.05, 0.1) is 5.75 Å². The van der Waals surface area contributed by atoms with Gasteiger partial charge in [-0.2, -0.15) is 8.42 Å². The standard InChI is InChI=1S/C16H13NO.C2H6O3S/c1-11-6-8-12(9-7-11)15-10-16(18)13-4-2-3-5-14(13)17-15;1-2-6(3,4)5/h2-10H,1H3,(H,17,18);2H2,1H3,(H,3,4,5). The SMILES string of the molecule is CCS(=O)(=O)O.Cc1ccc(-c2cc(=O)c3ccccc3[nH]2)cc1. The van der Waals surface area contributed by atoms with Crippen LogP contribution in [0.25, 0.3) is 22.2 Å². The first-order valence-electron chi connectivity index (χ1n) is 7.44. The third-order valence-corrected chi connectivity index (χ3v) is 4.19. The number of hydrogen-bond donors (Lipinski definition) is 2. The molecule has 3 rings (SSSR count). The van der Waals surface area contributed by atoms with Gasteiger partial charge in [-0.3, -0.25) is 9.35 Å². The van der Waals surface area contributed by atoms with Crippen LogP contribution in [-0.4, -0.2) is 23.7 Å². The van der Waals surface area contributed by atoms with Gasteiger partial charge in [0.15, 0.2) is 5.43 Å². The van der Waals surface area contributed by atoms with Crippen molar-refractivity contribution in [2.45, 2.75) is 13.8 Å². The van der Waals surface area contributed by atoms with Gasteiger partial charge in [-0.25, -0.2) is 0 Å². The Hall–Kier alpha value is -2.44. The lowest BCUT2D eigenvalue weighted by atomic mass is 10.1. The monoisotopic (exact) mass is 345 g/mol. The molecule has 126 valence electrons. The van der Waals surface area contributed by atoms with Gasteiger partial charge in [0.2, 0.25) is 0 Å². The molecule has 0 unspecified atom stereocenters. The van der Waals surface area contributed by atoms with Crippen LogP contribution in [0.1, 0.15) is 12.5 Å². The Labute approximate surface area is 140 Å². The molecular formula is C18H19NO4S. The van der Waals surface area contributed by atoms with E-state index in [1.165, 1.54) is 12.5 Å². The second kappa shape index (κ2) is 7.42. The fourth-order valence-electron chi connectivity index (χ4n) is 2.09. The minimum Gasteiger partial charge on any atom is -0.354 e. The lowest BCUT2D eigenvalue weighted by Crippen LogP contribution is -2.02. The predicted octanol–water partition coefficient (Wildman–Crippen LogP) is 3.40. The predicted molar refractivity (Wildman–Crippen MR) is 96.8 cm³/mol. The van der Waals surface area contributed by atoms with E-state index in [9.17, 15) is 13.2 Å². The van der Waals surface area contributed by atoms with Crippen LogP contribution in [0, 0.1) is 6.92 Å². The highest BCUT2D eigenvalue weighted by atomic mass is 32.2. The van der Waals surface area contributed by atoms with Gasteiger partial charge in [0.25, 0.3) is 10.1 Å². The van der Waals surface area contributed by atoms with Crippen LogP contribution in [0.15, 0.2) is 59.4 Å². The third kappa shape index (κ3) is 4.78. The number of aromatic amines is 1. The number of H-pyrrole nitrogens is 1. The van der Waals surface area contributed by atoms with E-state index in [1.54, 1.807) is 6.07 Å². The van der Waals surface area contributed by atoms with E-state index in [-0.39, 0.29) is 11.2 Å². The minimum absolute atomic E-state index is 0.0555. The Balaban J connectivity index is 0.000000301. The van der Waals surface area contributed by atoms with Gasteiger partial charge in [0.1, 0.15) is 0 Å². The molecule has 0 amide bonds. The van der Waals surface area contributed by atoms with Crippen LogP contribution in [0.2, 0.25) is 0 Å². The molecule has 0 saturated heterocycles. The quantitative estimate of drug-likeness (QED) is 0.697. The Morgan fingerprint density at radius 3 is 2.21 bits per heavy atom. The second-order valence-electron chi connectivity index (χ2n) is 5.33. The molecule has 0 bridgehead atoms. The molecule has 0 aliphatic carbocycles. The zero-order valence-electron chi connectivity index (χ0n) is 13.5. The summed E-state index contributed by atoms with van der Waals surface area (Å²) >= 11 is 0. The summed E-state index contributed by atoms with van der Waals surface area (Å²) in [5, 5.41) is 0.730. The highest BCUT2D eigenvalue weighted by Crippen LogP contribution is 2.18. The summed E-state index contributed by atoms with van der Waals surface area (Å²) in [7, 11) is -3.66. The van der Waals surface area contributed by atoms with Crippen molar-refractivity contribution in [2.24, 2.45) is 0 Å². The van der Waals surface area contributed by atoms with Gasteiger partial charge >= 0.3 is 0 Å². The maximum absolute atomic E-state index is 12.0. The van der Waals surface area contributed by atoms with Crippen molar-refractivity contribution >= 4 is 21.0 Å². The molecule has 1 aromatic heterocycles. The molecule has 0 fully saturated rings. The number of pyridine rings is 1. The van der Waals surface area contributed by atoms with Gasteiger partial charge in [0, 0.05) is 22.7 Å². The van der Waals surface area contributed by atoms with Crippen molar-refractivity contribution in [1.29, 1.82) is 0 Å². The summed E-state index contributed by atoms with van der Waals surface area (Å²) in [4.78, 5) is 15.3. The van der Waals surface area contributed by atoms with Crippen LogP contribution >= 0.6 is 0 Å². The van der Waals surface area contributed by atoms with Crippen molar-refractivity contribution < 1.29 is 13.0 Å². The van der Waals surface area contributed by atoms with Crippen molar-refractivity contribution in [3.8, 4) is 11.3 Å². The molecular weight excluding hydrogens is 326 g/mol. The highest BCUT2D eigenvalue weighted by Gasteiger charge is 2.03. The molecule has 0 saturated carbocycles. The van der Waals surface area contributed by atoms with Crippen LogP contribution in [-0.2, 0) is 10.1 Å². The van der Waals surface area contributed by atoms with E-state index < -0.39 is 10.1 Å². The van der Waals surface area contributed by atoms with Crippen molar-refractivity contribution in [2.75, 3.05) is 5.75 Å². The van der Waals surface area contributed by atoms with Gasteiger partial charge in [-0.05, 0) is 31.5 Å². The van der Waals surface area contributed by atoms with Crippen LogP contribution in [0.3, 0.4) is 0 Å². The number of fused-ring (bicyclic) bond motifs is 1. The van der Waals surface area contributed by atoms with Crippen LogP contribution < -0.4 is 5.43 Å². The summed E-state index contributed by atoms with van der Waals surface area (Å²) in [5.74, 6) is -0.201. The number of aromatic nitrogens is 1. The molecule has 0 radical (unpaired) electrons. The number of hydrogen-bond acceptors (Lipinski definition) is 3. The molecule has 0 aliphatic heterocycles. The van der Waals surface area contributed by atoms with E-state index in [0.717, 1.165) is 22.2 Å². The minimum atomic E-state index is -3.66. The molecule has 0 spiro atoms. The van der Waals surface area contributed by atoms with Crippen molar-refractivity contribution in [1.82, 2.24) is 4.98 Å². The summed E-state index contributed by atoms with van der Waals surface area (Å²) < 4.78 is 26.9. The van der Waals surface area contributed by atoms with Crippen molar-refractivity contribution in [3.63, 3.8) is 0 Å². The number of para-hydroxylation sites is 1. The number of aryl methyl sites for hydroxylation is 1. The third-order valence-electron chi connectivity index (χ3n) is 3.46. The summed E-state index contributed by atoms with van der Waals surface area (Å²) in [6, 6.07) is 17.4. The fourth-order valence-corrected chi connectivity index (χ4v) is 2.09. The number of rotatable bonds is 2. The number of benzene rings is 2. The summed E-state index contributed by atoms with van der Waals surface area (Å²) in [6.07, 6.45) is 0. The lowest BCUT2D eigenvalue weighted by Gasteiger charge is -2.04. The first kappa shape index (κ1) is 17.9. The fraction of sp³-hybridized carbons (Fsp3) is 0.167. The van der Waals surface area contributed by atoms with E-state index >= 15 is 0 Å². The molecule has 5 nitrogen and oxygen atoms in total. The lowest BCUT2D eigenvalue weighted by molar-refractivity contribution is 0.484.